The maximum Gasteiger partial charge on any atom is 0.435 e. The third-order valence-electron chi connectivity index (χ3n) is 4.77. The summed E-state index contributed by atoms with van der Waals surface area (Å²) >= 11 is 0. The average molecular weight is 442 g/mol. The highest BCUT2D eigenvalue weighted by molar-refractivity contribution is 5.93. The van der Waals surface area contributed by atoms with E-state index in [0.717, 1.165) is 4.68 Å². The minimum Gasteiger partial charge on any atom is -0.417 e. The van der Waals surface area contributed by atoms with Crippen LogP contribution < -0.4 is 10.1 Å². The van der Waals surface area contributed by atoms with Gasteiger partial charge in [-0.3, -0.25) is 9.48 Å². The Balaban J connectivity index is 1.53. The standard InChI is InChI=1S/C18H15F5N6O2/c1-28-13(7-14(27-28)18(21,22)23)16(30)25-11-2-3-12-10(11)8-29(26-12)9-4-5-24-15(6-9)31-17(19)20/h4-8,11,17H,2-3H2,1H3,(H,25,30). The molecule has 0 saturated heterocycles. The highest BCUT2D eigenvalue weighted by Crippen LogP contribution is 2.32. The number of hydrogen-bond acceptors (Lipinski definition) is 5. The van der Waals surface area contributed by atoms with E-state index >= 15 is 0 Å². The fourth-order valence-corrected chi connectivity index (χ4v) is 3.37. The van der Waals surface area contributed by atoms with Crippen LogP contribution in [0.4, 0.5) is 22.0 Å². The molecule has 0 fully saturated rings. The molecule has 164 valence electrons. The zero-order chi connectivity index (χ0) is 22.3. The normalized spacial score (nSPS) is 15.9. The molecule has 1 N–H and O–H groups in total. The Morgan fingerprint density at radius 2 is 2.06 bits per heavy atom. The molecule has 0 spiro atoms. The van der Waals surface area contributed by atoms with Crippen molar-refractivity contribution in [2.24, 2.45) is 7.05 Å². The first-order valence-electron chi connectivity index (χ1n) is 9.03. The third kappa shape index (κ3) is 4.20. The van der Waals surface area contributed by atoms with E-state index in [2.05, 4.69) is 25.2 Å². The van der Waals surface area contributed by atoms with Crippen LogP contribution in [0.3, 0.4) is 0 Å². The molecule has 1 aliphatic rings. The van der Waals surface area contributed by atoms with Crippen molar-refractivity contribution in [3.63, 3.8) is 0 Å². The molecule has 3 aromatic heterocycles. The van der Waals surface area contributed by atoms with Gasteiger partial charge in [0.15, 0.2) is 5.69 Å². The van der Waals surface area contributed by atoms with E-state index in [1.807, 2.05) is 0 Å². The van der Waals surface area contributed by atoms with E-state index in [1.54, 1.807) is 12.3 Å². The summed E-state index contributed by atoms with van der Waals surface area (Å²) in [4.78, 5) is 16.2. The lowest BCUT2D eigenvalue weighted by Crippen LogP contribution is -2.28. The molecule has 3 heterocycles. The summed E-state index contributed by atoms with van der Waals surface area (Å²) in [5.74, 6) is -0.975. The van der Waals surface area contributed by atoms with Crippen LogP contribution >= 0.6 is 0 Å². The van der Waals surface area contributed by atoms with Crippen molar-refractivity contribution in [1.29, 1.82) is 0 Å². The Labute approximate surface area is 171 Å². The first kappa shape index (κ1) is 20.8. The van der Waals surface area contributed by atoms with Crippen molar-refractivity contribution >= 4 is 5.91 Å². The number of nitrogens with one attached hydrogen (secondary N) is 1. The first-order valence-corrected chi connectivity index (χ1v) is 9.03. The average Bonchev–Trinajstić information content (AvgIpc) is 3.36. The maximum atomic E-state index is 12.8. The molecule has 13 heteroatoms. The van der Waals surface area contributed by atoms with E-state index in [9.17, 15) is 26.7 Å². The quantitative estimate of drug-likeness (QED) is 0.614. The number of fused-ring (bicyclic) bond motifs is 1. The number of ether oxygens (including phenoxy) is 1. The van der Waals surface area contributed by atoms with Gasteiger partial charge in [-0.15, -0.1) is 0 Å². The van der Waals surface area contributed by atoms with E-state index in [4.69, 9.17) is 0 Å². The van der Waals surface area contributed by atoms with Gasteiger partial charge >= 0.3 is 12.8 Å². The van der Waals surface area contributed by atoms with Crippen molar-refractivity contribution < 1.29 is 31.5 Å². The van der Waals surface area contributed by atoms with E-state index in [-0.39, 0.29) is 11.6 Å². The summed E-state index contributed by atoms with van der Waals surface area (Å²) in [7, 11) is 1.25. The van der Waals surface area contributed by atoms with Crippen LogP contribution in [0, 0.1) is 0 Å². The van der Waals surface area contributed by atoms with Crippen LogP contribution in [-0.2, 0) is 19.6 Å². The molecule has 4 rings (SSSR count). The smallest absolute Gasteiger partial charge is 0.417 e. The molecular formula is C18H15F5N6O2. The topological polar surface area (TPSA) is 86.9 Å². The lowest BCUT2D eigenvalue weighted by molar-refractivity contribution is -0.141. The largest absolute Gasteiger partial charge is 0.435 e. The van der Waals surface area contributed by atoms with E-state index < -0.39 is 30.4 Å². The number of aromatic nitrogens is 5. The van der Waals surface area contributed by atoms with Gasteiger partial charge < -0.3 is 10.1 Å². The van der Waals surface area contributed by atoms with Crippen molar-refractivity contribution in [3.8, 4) is 11.6 Å². The molecule has 0 aliphatic heterocycles. The fraction of sp³-hybridized carbons (Fsp3) is 0.333. The van der Waals surface area contributed by atoms with Gasteiger partial charge in [0, 0.05) is 37.1 Å². The second kappa shape index (κ2) is 7.63. The SMILES string of the molecule is Cn1nc(C(F)(F)F)cc1C(=O)NC1CCc2nn(-c3ccnc(OC(F)F)c3)cc21. The maximum absolute atomic E-state index is 12.8. The molecule has 0 radical (unpaired) electrons. The second-order valence-corrected chi connectivity index (χ2v) is 6.81. The van der Waals surface area contributed by atoms with Gasteiger partial charge in [-0.25, -0.2) is 9.67 Å². The Bertz CT molecular complexity index is 1120. The first-order chi connectivity index (χ1) is 14.6. The Morgan fingerprint density at radius 3 is 2.74 bits per heavy atom. The molecule has 8 nitrogen and oxygen atoms in total. The third-order valence-corrected chi connectivity index (χ3v) is 4.77. The molecular weight excluding hydrogens is 427 g/mol. The molecule has 0 bridgehead atoms. The van der Waals surface area contributed by atoms with Crippen molar-refractivity contribution in [1.82, 2.24) is 29.9 Å². The number of amides is 1. The summed E-state index contributed by atoms with van der Waals surface area (Å²) in [6.07, 6.45) is -0.698. The molecule has 0 aromatic carbocycles. The highest BCUT2D eigenvalue weighted by atomic mass is 19.4. The lowest BCUT2D eigenvalue weighted by atomic mass is 10.2. The van der Waals surface area contributed by atoms with Crippen LogP contribution in [0.1, 0.15) is 39.9 Å². The van der Waals surface area contributed by atoms with Crippen LogP contribution in [0.2, 0.25) is 0 Å². The van der Waals surface area contributed by atoms with Crippen LogP contribution in [0.25, 0.3) is 5.69 Å². The summed E-state index contributed by atoms with van der Waals surface area (Å²) in [5.41, 5.74) is 0.404. The molecule has 1 aliphatic carbocycles. The second-order valence-electron chi connectivity index (χ2n) is 6.81. The molecule has 1 amide bonds. The van der Waals surface area contributed by atoms with Gasteiger partial charge in [-0.05, 0) is 18.9 Å². The van der Waals surface area contributed by atoms with Crippen molar-refractivity contribution in [3.05, 3.63) is 53.2 Å². The van der Waals surface area contributed by atoms with Crippen LogP contribution in [0.5, 0.6) is 5.88 Å². The van der Waals surface area contributed by atoms with Crippen LogP contribution in [0.15, 0.2) is 30.6 Å². The Kier molecular flexibility index (Phi) is 5.11. The Hall–Kier alpha value is -3.51. The monoisotopic (exact) mass is 442 g/mol. The number of aryl methyl sites for hydroxylation is 2. The molecule has 1 atom stereocenters. The number of alkyl halides is 5. The van der Waals surface area contributed by atoms with Gasteiger partial charge in [-0.1, -0.05) is 0 Å². The zero-order valence-corrected chi connectivity index (χ0v) is 15.9. The predicted molar refractivity (Wildman–Crippen MR) is 94.7 cm³/mol. The van der Waals surface area contributed by atoms with Crippen molar-refractivity contribution in [2.75, 3.05) is 0 Å². The molecule has 3 aromatic rings. The zero-order valence-electron chi connectivity index (χ0n) is 15.9. The lowest BCUT2D eigenvalue weighted by Gasteiger charge is -2.13. The number of hydrogen-bond donors (Lipinski definition) is 1. The van der Waals surface area contributed by atoms with Gasteiger partial charge in [0.05, 0.1) is 17.4 Å². The summed E-state index contributed by atoms with van der Waals surface area (Å²) in [6.45, 7) is -3.02. The predicted octanol–water partition coefficient (Wildman–Crippen LogP) is 3.04. The Morgan fingerprint density at radius 1 is 1.29 bits per heavy atom. The summed E-state index contributed by atoms with van der Waals surface area (Å²) < 4.78 is 69.9. The number of halogens is 5. The number of pyridine rings is 1. The molecule has 0 saturated carbocycles. The number of rotatable bonds is 5. The number of nitrogens with zero attached hydrogens (tertiary/aromatic N) is 5. The van der Waals surface area contributed by atoms with Gasteiger partial charge in [0.2, 0.25) is 5.88 Å². The molecule has 31 heavy (non-hydrogen) atoms. The van der Waals surface area contributed by atoms with Crippen LogP contribution in [-0.4, -0.2) is 37.1 Å². The minimum atomic E-state index is -4.66. The van der Waals surface area contributed by atoms with E-state index in [0.29, 0.717) is 35.9 Å². The number of carbonyl (C=O) groups excluding carboxylic acids is 1. The van der Waals surface area contributed by atoms with Gasteiger partial charge in [-0.2, -0.15) is 32.1 Å². The highest BCUT2D eigenvalue weighted by Gasteiger charge is 2.36. The van der Waals surface area contributed by atoms with E-state index in [1.165, 1.54) is 24.0 Å². The van der Waals surface area contributed by atoms with Crippen molar-refractivity contribution in [2.45, 2.75) is 31.7 Å². The van der Waals surface area contributed by atoms with Gasteiger partial charge in [0.1, 0.15) is 5.69 Å². The number of carbonyl (C=O) groups is 1. The van der Waals surface area contributed by atoms with Gasteiger partial charge in [0.25, 0.3) is 5.91 Å². The fourth-order valence-electron chi connectivity index (χ4n) is 3.37. The minimum absolute atomic E-state index is 0.226. The summed E-state index contributed by atoms with van der Waals surface area (Å²) in [5, 5.41) is 10.4. The molecule has 1 unspecified atom stereocenters. The summed E-state index contributed by atoms with van der Waals surface area (Å²) in [6, 6.07) is 3.05.